The fraction of sp³-hybridized carbons (Fsp3) is 0.417. The van der Waals surface area contributed by atoms with E-state index in [9.17, 15) is 0 Å². The number of allylic oxidation sites excluding steroid dienone is 5. The van der Waals surface area contributed by atoms with Crippen LogP contribution in [0.2, 0.25) is 0 Å². The summed E-state index contributed by atoms with van der Waals surface area (Å²) < 4.78 is 0. The number of amidine groups is 1. The van der Waals surface area contributed by atoms with Crippen molar-refractivity contribution in [2.24, 2.45) is 5.73 Å². The van der Waals surface area contributed by atoms with Crippen molar-refractivity contribution in [3.63, 3.8) is 0 Å². The van der Waals surface area contributed by atoms with Gasteiger partial charge in [0.05, 0.1) is 5.71 Å². The largest absolute Gasteiger partial charge is 0.384 e. The molecule has 1 aliphatic carbocycles. The number of nitrogens with one attached hydrogen (secondary N) is 3. The Morgan fingerprint density at radius 3 is 2.32 bits per heavy atom. The molecule has 3 rings (SSSR count). The van der Waals surface area contributed by atoms with Crippen LogP contribution in [0, 0.1) is 10.8 Å². The highest BCUT2D eigenvalue weighted by molar-refractivity contribution is 6.27. The standard InChI is InChI=1S/C22H28N4.C2H6/c1-15-4-2-3-5-19(15)21(23)14-20(22(24)25)18-8-6-16(7-9-18)17-10-12-26-13-11-17;1-2/h3,5-9,14,17,23,26H,2,4,10-13H2,1H3,(H3,24,25);1-2H3/b20-14-,23-21?;. The lowest BCUT2D eigenvalue weighted by Gasteiger charge is -2.23. The first-order valence-corrected chi connectivity index (χ1v) is 10.4. The highest BCUT2D eigenvalue weighted by atomic mass is 14.9. The number of hydrogen-bond donors (Lipinski definition) is 4. The molecule has 0 bridgehead atoms. The molecule has 4 nitrogen and oxygen atoms in total. The zero-order valence-corrected chi connectivity index (χ0v) is 17.4. The highest BCUT2D eigenvalue weighted by Gasteiger charge is 2.16. The van der Waals surface area contributed by atoms with Crippen molar-refractivity contribution < 1.29 is 0 Å². The normalized spacial score (nSPS) is 17.8. The number of benzene rings is 1. The molecule has 1 aliphatic heterocycles. The molecule has 0 amide bonds. The second-order valence-electron chi connectivity index (χ2n) is 7.17. The smallest absolute Gasteiger partial charge is 0.123 e. The van der Waals surface area contributed by atoms with Crippen LogP contribution in [0.5, 0.6) is 0 Å². The Morgan fingerprint density at radius 2 is 1.75 bits per heavy atom. The molecular weight excluding hydrogens is 344 g/mol. The van der Waals surface area contributed by atoms with Crippen molar-refractivity contribution in [1.82, 2.24) is 5.32 Å². The van der Waals surface area contributed by atoms with Crippen molar-refractivity contribution >= 4 is 17.1 Å². The minimum absolute atomic E-state index is 0.00223. The number of nitrogens with two attached hydrogens (primary N) is 1. The average molecular weight is 379 g/mol. The number of hydrogen-bond acceptors (Lipinski definition) is 3. The Labute approximate surface area is 169 Å². The van der Waals surface area contributed by atoms with Crippen molar-refractivity contribution in [3.05, 3.63) is 64.8 Å². The summed E-state index contributed by atoms with van der Waals surface area (Å²) in [5.74, 6) is 0.607. The van der Waals surface area contributed by atoms with Crippen molar-refractivity contribution in [2.75, 3.05) is 13.1 Å². The van der Waals surface area contributed by atoms with Gasteiger partial charge in [0.25, 0.3) is 0 Å². The summed E-state index contributed by atoms with van der Waals surface area (Å²) >= 11 is 0. The molecule has 28 heavy (non-hydrogen) atoms. The van der Waals surface area contributed by atoms with E-state index in [1.54, 1.807) is 6.08 Å². The van der Waals surface area contributed by atoms with E-state index in [2.05, 4.69) is 30.4 Å². The van der Waals surface area contributed by atoms with Gasteiger partial charge in [-0.25, -0.2) is 0 Å². The van der Waals surface area contributed by atoms with Crippen LogP contribution >= 0.6 is 0 Å². The fourth-order valence-corrected chi connectivity index (χ4v) is 3.73. The van der Waals surface area contributed by atoms with E-state index in [1.807, 2.05) is 32.1 Å². The van der Waals surface area contributed by atoms with Crippen molar-refractivity contribution in [1.29, 1.82) is 10.8 Å². The average Bonchev–Trinajstić information content (AvgIpc) is 2.74. The summed E-state index contributed by atoms with van der Waals surface area (Å²) in [5.41, 5.74) is 11.3. The van der Waals surface area contributed by atoms with E-state index >= 15 is 0 Å². The third-order valence-corrected chi connectivity index (χ3v) is 5.33. The van der Waals surface area contributed by atoms with Gasteiger partial charge in [-0.1, -0.05) is 55.8 Å². The molecule has 0 spiro atoms. The molecule has 5 N–H and O–H groups in total. The van der Waals surface area contributed by atoms with Gasteiger partial charge < -0.3 is 16.5 Å². The molecule has 2 aliphatic rings. The Bertz CT molecular complexity index is 775. The maximum absolute atomic E-state index is 8.44. The van der Waals surface area contributed by atoms with Gasteiger partial charge in [-0.2, -0.15) is 0 Å². The molecule has 0 unspecified atom stereocenters. The summed E-state index contributed by atoms with van der Waals surface area (Å²) in [6, 6.07) is 8.37. The maximum Gasteiger partial charge on any atom is 0.123 e. The topological polar surface area (TPSA) is 85.8 Å². The molecule has 150 valence electrons. The lowest BCUT2D eigenvalue weighted by Crippen LogP contribution is -2.26. The van der Waals surface area contributed by atoms with Crippen LogP contribution in [0.25, 0.3) is 5.57 Å². The van der Waals surface area contributed by atoms with Crippen LogP contribution < -0.4 is 11.1 Å². The van der Waals surface area contributed by atoms with Gasteiger partial charge >= 0.3 is 0 Å². The fourth-order valence-electron chi connectivity index (χ4n) is 3.73. The predicted molar refractivity (Wildman–Crippen MR) is 121 cm³/mol. The van der Waals surface area contributed by atoms with Crippen LogP contribution in [-0.2, 0) is 0 Å². The van der Waals surface area contributed by atoms with Gasteiger partial charge in [0, 0.05) is 5.57 Å². The van der Waals surface area contributed by atoms with Crippen LogP contribution in [-0.4, -0.2) is 24.6 Å². The molecule has 1 fully saturated rings. The van der Waals surface area contributed by atoms with E-state index in [0.29, 0.717) is 17.2 Å². The molecule has 1 aromatic rings. The molecule has 0 atom stereocenters. The van der Waals surface area contributed by atoms with Crippen molar-refractivity contribution in [3.8, 4) is 0 Å². The molecule has 1 heterocycles. The Hall–Kier alpha value is -2.46. The Kier molecular flexibility index (Phi) is 8.40. The first-order chi connectivity index (χ1) is 13.6. The summed E-state index contributed by atoms with van der Waals surface area (Å²) in [7, 11) is 0. The molecular formula is C24H34N4. The van der Waals surface area contributed by atoms with Gasteiger partial charge in [0.2, 0.25) is 0 Å². The van der Waals surface area contributed by atoms with Gasteiger partial charge in [0.1, 0.15) is 5.84 Å². The summed E-state index contributed by atoms with van der Waals surface area (Å²) in [6.45, 7) is 8.22. The van der Waals surface area contributed by atoms with Gasteiger partial charge in [-0.3, -0.25) is 5.41 Å². The molecule has 0 radical (unpaired) electrons. The Balaban J connectivity index is 0.00000136. The molecule has 1 saturated heterocycles. The van der Waals surface area contributed by atoms with Gasteiger partial charge in [-0.15, -0.1) is 0 Å². The summed E-state index contributed by atoms with van der Waals surface area (Å²) in [4.78, 5) is 0. The van der Waals surface area contributed by atoms with E-state index in [4.69, 9.17) is 16.6 Å². The van der Waals surface area contributed by atoms with Gasteiger partial charge in [-0.05, 0) is 74.4 Å². The SMILES string of the molecule is CC.CC1=C(C(=N)/C=C(\C(=N)N)c2ccc(C3CCNCC3)cc2)C=CCC1. The van der Waals surface area contributed by atoms with Crippen LogP contribution in [0.15, 0.2) is 53.6 Å². The minimum atomic E-state index is 0.00223. The molecule has 1 aromatic carbocycles. The number of piperidine rings is 1. The van der Waals surface area contributed by atoms with E-state index in [1.165, 1.54) is 24.0 Å². The quantitative estimate of drug-likeness (QED) is 0.420. The first-order valence-electron chi connectivity index (χ1n) is 10.4. The minimum Gasteiger partial charge on any atom is -0.384 e. The maximum atomic E-state index is 8.44. The van der Waals surface area contributed by atoms with Crippen LogP contribution in [0.4, 0.5) is 0 Å². The zero-order valence-electron chi connectivity index (χ0n) is 17.4. The third-order valence-electron chi connectivity index (χ3n) is 5.33. The first kappa shape index (κ1) is 21.8. The third kappa shape index (κ3) is 5.52. The molecule has 0 aromatic heterocycles. The van der Waals surface area contributed by atoms with Crippen LogP contribution in [0.1, 0.15) is 63.5 Å². The monoisotopic (exact) mass is 378 g/mol. The Morgan fingerprint density at radius 1 is 1.11 bits per heavy atom. The van der Waals surface area contributed by atoms with E-state index in [0.717, 1.165) is 37.1 Å². The molecule has 0 saturated carbocycles. The summed E-state index contributed by atoms with van der Waals surface area (Å²) in [6.07, 6.45) is 10.2. The van der Waals surface area contributed by atoms with Crippen molar-refractivity contribution in [2.45, 2.75) is 52.4 Å². The highest BCUT2D eigenvalue weighted by Crippen LogP contribution is 2.27. The second-order valence-corrected chi connectivity index (χ2v) is 7.17. The lowest BCUT2D eigenvalue weighted by molar-refractivity contribution is 0.460. The molecule has 4 heteroatoms. The number of rotatable bonds is 5. The zero-order chi connectivity index (χ0) is 20.5. The van der Waals surface area contributed by atoms with E-state index in [-0.39, 0.29) is 5.84 Å². The van der Waals surface area contributed by atoms with Gasteiger partial charge in [0.15, 0.2) is 0 Å². The predicted octanol–water partition coefficient (Wildman–Crippen LogP) is 5.19. The summed E-state index contributed by atoms with van der Waals surface area (Å²) in [5, 5.41) is 19.8. The second kappa shape index (κ2) is 10.8. The van der Waals surface area contributed by atoms with Crippen LogP contribution in [0.3, 0.4) is 0 Å². The van der Waals surface area contributed by atoms with E-state index < -0.39 is 0 Å². The lowest BCUT2D eigenvalue weighted by atomic mass is 9.88.